The van der Waals surface area contributed by atoms with E-state index in [2.05, 4.69) is 10.4 Å². The molecule has 194 valence electrons. The lowest BCUT2D eigenvalue weighted by Crippen LogP contribution is -2.46. The smallest absolute Gasteiger partial charge is 0.273 e. The van der Waals surface area contributed by atoms with Gasteiger partial charge in [0.15, 0.2) is 0 Å². The summed E-state index contributed by atoms with van der Waals surface area (Å²) >= 11 is 1.20. The second-order valence-corrected chi connectivity index (χ2v) is 10.1. The van der Waals surface area contributed by atoms with Crippen molar-refractivity contribution in [1.29, 1.82) is 0 Å². The summed E-state index contributed by atoms with van der Waals surface area (Å²) in [7, 11) is 5.23. The number of thioether (sulfide) groups is 1. The number of hydrogen-bond acceptors (Lipinski definition) is 6. The Bertz CT molecular complexity index is 1100. The highest BCUT2D eigenvalue weighted by atomic mass is 32.2. The molecule has 0 aliphatic carbocycles. The van der Waals surface area contributed by atoms with Gasteiger partial charge in [0, 0.05) is 32.2 Å². The Hall–Kier alpha value is -2.82. The van der Waals surface area contributed by atoms with Crippen LogP contribution in [-0.4, -0.2) is 67.2 Å². The highest BCUT2D eigenvalue weighted by molar-refractivity contribution is 8.15. The van der Waals surface area contributed by atoms with Gasteiger partial charge >= 0.3 is 0 Å². The molecule has 0 saturated carbocycles. The first kappa shape index (κ1) is 27.8. The Kier molecular flexibility index (Phi) is 9.58. The van der Waals surface area contributed by atoms with E-state index in [9.17, 15) is 18.4 Å². The van der Waals surface area contributed by atoms with Crippen LogP contribution in [-0.2, 0) is 19.2 Å². The number of hydrogen-bond donors (Lipinski definition) is 1. The maximum Gasteiger partial charge on any atom is 0.273 e. The van der Waals surface area contributed by atoms with E-state index in [0.717, 1.165) is 23.8 Å². The molecule has 2 unspecified atom stereocenters. The van der Waals surface area contributed by atoms with E-state index in [-0.39, 0.29) is 16.5 Å². The van der Waals surface area contributed by atoms with Gasteiger partial charge in [0.1, 0.15) is 27.7 Å². The van der Waals surface area contributed by atoms with Crippen LogP contribution in [0.1, 0.15) is 37.3 Å². The molecule has 2 amide bonds. The van der Waals surface area contributed by atoms with Crippen molar-refractivity contribution in [2.24, 2.45) is 5.10 Å². The van der Waals surface area contributed by atoms with E-state index in [1.807, 2.05) is 49.3 Å². The summed E-state index contributed by atoms with van der Waals surface area (Å²) in [6, 6.07) is 12.5. The lowest BCUT2D eigenvalue weighted by molar-refractivity contribution is -0.144. The number of carbonyl (C=O) groups excluding carboxylic acids is 2. The van der Waals surface area contributed by atoms with E-state index in [1.165, 1.54) is 23.9 Å². The van der Waals surface area contributed by atoms with E-state index in [0.29, 0.717) is 32.4 Å². The Labute approximate surface area is 214 Å². The molecule has 1 N–H and O–H groups in total. The molecule has 36 heavy (non-hydrogen) atoms. The summed E-state index contributed by atoms with van der Waals surface area (Å²) in [6.45, 7) is 2.65. The molecule has 1 heterocycles. The number of amides is 2. The molecule has 10 heteroatoms. The van der Waals surface area contributed by atoms with Crippen LogP contribution in [0, 0.1) is 11.6 Å². The second kappa shape index (κ2) is 12.4. The average Bonchev–Trinajstić information content (AvgIpc) is 3.26. The summed E-state index contributed by atoms with van der Waals surface area (Å²) in [4.78, 5) is 26.5. The fourth-order valence-electron chi connectivity index (χ4n) is 3.82. The van der Waals surface area contributed by atoms with Crippen LogP contribution < -0.4 is 5.32 Å². The van der Waals surface area contributed by atoms with Crippen LogP contribution in [0.4, 0.5) is 8.78 Å². The molecule has 1 aliphatic heterocycles. The summed E-state index contributed by atoms with van der Waals surface area (Å²) in [5.41, 5.74) is 0.763. The molecule has 2 aromatic rings. The van der Waals surface area contributed by atoms with Gasteiger partial charge in [0.05, 0.1) is 0 Å². The number of methoxy groups -OCH3 is 1. The highest BCUT2D eigenvalue weighted by Gasteiger charge is 2.49. The zero-order valence-electron chi connectivity index (χ0n) is 21.0. The van der Waals surface area contributed by atoms with Crippen molar-refractivity contribution in [3.05, 3.63) is 71.3 Å². The largest absolute Gasteiger partial charge is 0.372 e. The highest BCUT2D eigenvalue weighted by Crippen LogP contribution is 2.50. The molecule has 0 spiro atoms. The normalized spacial score (nSPS) is 18.3. The Morgan fingerprint density at radius 3 is 2.58 bits per heavy atom. The lowest BCUT2D eigenvalue weighted by atomic mass is 9.99. The Morgan fingerprint density at radius 2 is 1.92 bits per heavy atom. The van der Waals surface area contributed by atoms with E-state index >= 15 is 0 Å². The molecule has 7 nitrogen and oxygen atoms in total. The molecule has 0 aromatic heterocycles. The van der Waals surface area contributed by atoms with Gasteiger partial charge in [-0.05, 0) is 57.6 Å². The van der Waals surface area contributed by atoms with Crippen molar-refractivity contribution < 1.29 is 23.1 Å². The average molecular weight is 519 g/mol. The fraction of sp³-hybridized carbons (Fsp3) is 0.423. The molecule has 0 saturated heterocycles. The Balaban J connectivity index is 1.93. The number of halogens is 2. The van der Waals surface area contributed by atoms with Crippen molar-refractivity contribution >= 4 is 28.6 Å². The van der Waals surface area contributed by atoms with Crippen molar-refractivity contribution in [2.45, 2.75) is 37.2 Å². The molecule has 2 aromatic carbocycles. The third-order valence-electron chi connectivity index (χ3n) is 5.89. The van der Waals surface area contributed by atoms with Crippen LogP contribution in [0.25, 0.3) is 0 Å². The predicted octanol–water partition coefficient (Wildman–Crippen LogP) is 3.94. The molecular formula is C26H32F2N4O3S. The monoisotopic (exact) mass is 518 g/mol. The minimum atomic E-state index is -1.03. The summed E-state index contributed by atoms with van der Waals surface area (Å²) < 4.78 is 34.0. The van der Waals surface area contributed by atoms with Crippen LogP contribution in [0.2, 0.25) is 0 Å². The van der Waals surface area contributed by atoms with Crippen molar-refractivity contribution in [3.63, 3.8) is 0 Å². The number of carbonyl (C=O) groups is 2. The van der Waals surface area contributed by atoms with Crippen LogP contribution in [0.15, 0.2) is 53.6 Å². The topological polar surface area (TPSA) is 74.2 Å². The van der Waals surface area contributed by atoms with Gasteiger partial charge < -0.3 is 15.0 Å². The van der Waals surface area contributed by atoms with Crippen molar-refractivity contribution in [1.82, 2.24) is 15.2 Å². The summed E-state index contributed by atoms with van der Waals surface area (Å²) in [6.07, 6.45) is 0.504. The van der Waals surface area contributed by atoms with Gasteiger partial charge in [-0.2, -0.15) is 5.10 Å². The molecular weight excluding hydrogens is 486 g/mol. The molecule has 3 rings (SSSR count). The predicted molar refractivity (Wildman–Crippen MR) is 137 cm³/mol. The maximum absolute atomic E-state index is 14.7. The van der Waals surface area contributed by atoms with Crippen LogP contribution >= 0.6 is 11.8 Å². The van der Waals surface area contributed by atoms with Crippen molar-refractivity contribution in [3.8, 4) is 0 Å². The Morgan fingerprint density at radius 1 is 1.19 bits per heavy atom. The zero-order valence-corrected chi connectivity index (χ0v) is 21.8. The standard InChI is InChI=1S/C26H32F2N4O3S/c1-18(35-4)25(34)32-26(19-9-6-5-7-10-19,14-8-15-29-23(33)13-16-31(2)3)36-24(30-32)21-17-20(27)11-12-22(21)28/h5-7,9-12,17-18H,8,13-16H2,1-4H3,(H,29,33). The second-order valence-electron chi connectivity index (χ2n) is 8.82. The SMILES string of the molecule is COC(C)C(=O)N1N=C(c2cc(F)ccc2F)SC1(CCCNC(=O)CCN(C)C)c1ccccc1. The van der Waals surface area contributed by atoms with E-state index in [1.54, 1.807) is 6.92 Å². The fourth-order valence-corrected chi connectivity index (χ4v) is 5.24. The zero-order chi connectivity index (χ0) is 26.3. The number of ether oxygens (including phenoxy) is 1. The number of nitrogens with one attached hydrogen (secondary N) is 1. The number of rotatable bonds is 11. The van der Waals surface area contributed by atoms with E-state index < -0.39 is 28.5 Å². The third kappa shape index (κ3) is 6.48. The molecule has 1 aliphatic rings. The van der Waals surface area contributed by atoms with Crippen LogP contribution in [0.5, 0.6) is 0 Å². The molecule has 2 atom stereocenters. The number of benzene rings is 2. The molecule has 0 bridgehead atoms. The van der Waals surface area contributed by atoms with Gasteiger partial charge in [0.2, 0.25) is 5.91 Å². The van der Waals surface area contributed by atoms with Gasteiger partial charge in [0.25, 0.3) is 5.91 Å². The van der Waals surface area contributed by atoms with E-state index in [4.69, 9.17) is 4.74 Å². The molecule has 0 radical (unpaired) electrons. The third-order valence-corrected chi connectivity index (χ3v) is 7.34. The number of hydrazone groups is 1. The first-order valence-corrected chi connectivity index (χ1v) is 12.6. The molecule has 0 fully saturated rings. The van der Waals surface area contributed by atoms with Gasteiger partial charge in [-0.15, -0.1) is 0 Å². The number of nitrogens with zero attached hydrogens (tertiary/aromatic N) is 3. The van der Waals surface area contributed by atoms with Gasteiger partial charge in [-0.25, -0.2) is 13.8 Å². The summed E-state index contributed by atoms with van der Waals surface area (Å²) in [5, 5.41) is 8.95. The quantitative estimate of drug-likeness (QED) is 0.456. The minimum Gasteiger partial charge on any atom is -0.372 e. The van der Waals surface area contributed by atoms with Gasteiger partial charge in [-0.1, -0.05) is 42.1 Å². The summed E-state index contributed by atoms with van der Waals surface area (Å²) in [5.74, 6) is -1.70. The maximum atomic E-state index is 14.7. The first-order valence-electron chi connectivity index (χ1n) is 11.7. The van der Waals surface area contributed by atoms with Crippen LogP contribution in [0.3, 0.4) is 0 Å². The minimum absolute atomic E-state index is 0.0161. The van der Waals surface area contributed by atoms with Gasteiger partial charge in [-0.3, -0.25) is 9.59 Å². The van der Waals surface area contributed by atoms with Crippen molar-refractivity contribution in [2.75, 3.05) is 34.3 Å². The lowest BCUT2D eigenvalue weighted by Gasteiger charge is -2.37. The first-order chi connectivity index (χ1) is 17.2.